The molecule has 0 amide bonds. The van der Waals surface area contributed by atoms with Gasteiger partial charge in [0.1, 0.15) is 5.75 Å². The molecular weight excluding hydrogens is 350 g/mol. The second kappa shape index (κ2) is 7.56. The molecule has 0 fully saturated rings. The normalized spacial score (nSPS) is 16.1. The van der Waals surface area contributed by atoms with Crippen LogP contribution in [0.15, 0.2) is 90.0 Å². The molecule has 5 nitrogen and oxygen atoms in total. The molecule has 1 unspecified atom stereocenters. The molecule has 1 aliphatic rings. The van der Waals surface area contributed by atoms with Crippen molar-refractivity contribution in [3.05, 3.63) is 90.5 Å². The van der Waals surface area contributed by atoms with Gasteiger partial charge in [0, 0.05) is 12.6 Å². The Morgan fingerprint density at radius 1 is 0.857 bits per heavy atom. The van der Waals surface area contributed by atoms with Crippen molar-refractivity contribution in [3.63, 3.8) is 0 Å². The van der Waals surface area contributed by atoms with Gasteiger partial charge in [0.2, 0.25) is 0 Å². The quantitative estimate of drug-likeness (QED) is 0.656. The van der Waals surface area contributed by atoms with Crippen molar-refractivity contribution in [1.29, 1.82) is 0 Å². The van der Waals surface area contributed by atoms with Gasteiger partial charge in [-0.05, 0) is 42.0 Å². The molecular formula is C23H21N3O2. The molecule has 3 aromatic rings. The fourth-order valence-corrected chi connectivity index (χ4v) is 3.37. The maximum atomic E-state index is 12.5. The standard InChI is InChI=1S/C23H21N3O2/c1-17(27)22-24-26(20-11-7-4-8-12-20)23(18-9-5-3-6-10-18)25(22)19-13-15-21(28-2)16-14-19/h3-16,23H,1-2H3. The van der Waals surface area contributed by atoms with E-state index >= 15 is 0 Å². The minimum atomic E-state index is -0.268. The number of amidine groups is 1. The minimum Gasteiger partial charge on any atom is -0.497 e. The molecule has 1 aliphatic heterocycles. The number of carbonyl (C=O) groups is 1. The number of hydrogen-bond acceptors (Lipinski definition) is 5. The fraction of sp³-hybridized carbons (Fsp3) is 0.130. The third-order valence-corrected chi connectivity index (χ3v) is 4.69. The lowest BCUT2D eigenvalue weighted by Crippen LogP contribution is -2.37. The van der Waals surface area contributed by atoms with Crippen molar-refractivity contribution in [3.8, 4) is 5.75 Å². The number of para-hydroxylation sites is 1. The van der Waals surface area contributed by atoms with Gasteiger partial charge in [-0.2, -0.15) is 0 Å². The van der Waals surface area contributed by atoms with Crippen LogP contribution in [0.4, 0.5) is 11.4 Å². The number of hydrazone groups is 1. The molecule has 0 bridgehead atoms. The van der Waals surface area contributed by atoms with Gasteiger partial charge in [-0.15, -0.1) is 5.10 Å². The van der Waals surface area contributed by atoms with E-state index in [9.17, 15) is 4.79 Å². The van der Waals surface area contributed by atoms with Crippen LogP contribution in [0.3, 0.4) is 0 Å². The van der Waals surface area contributed by atoms with E-state index in [-0.39, 0.29) is 11.9 Å². The van der Waals surface area contributed by atoms with Gasteiger partial charge in [-0.3, -0.25) is 9.69 Å². The van der Waals surface area contributed by atoms with Crippen molar-refractivity contribution in [2.24, 2.45) is 5.10 Å². The second-order valence-corrected chi connectivity index (χ2v) is 6.51. The summed E-state index contributed by atoms with van der Waals surface area (Å²) in [6, 6.07) is 27.6. The van der Waals surface area contributed by atoms with Gasteiger partial charge in [-0.1, -0.05) is 48.5 Å². The summed E-state index contributed by atoms with van der Waals surface area (Å²) in [7, 11) is 1.64. The van der Waals surface area contributed by atoms with E-state index in [4.69, 9.17) is 9.84 Å². The summed E-state index contributed by atoms with van der Waals surface area (Å²) >= 11 is 0. The minimum absolute atomic E-state index is 0.0878. The van der Waals surface area contributed by atoms with Crippen LogP contribution < -0.4 is 14.6 Å². The van der Waals surface area contributed by atoms with Crippen LogP contribution in [0.2, 0.25) is 0 Å². The summed E-state index contributed by atoms with van der Waals surface area (Å²) in [5.74, 6) is 1.08. The summed E-state index contributed by atoms with van der Waals surface area (Å²) in [5, 5.41) is 6.61. The highest BCUT2D eigenvalue weighted by Crippen LogP contribution is 2.39. The molecule has 5 heteroatoms. The average Bonchev–Trinajstić information content (AvgIpc) is 3.16. The second-order valence-electron chi connectivity index (χ2n) is 6.51. The van der Waals surface area contributed by atoms with E-state index < -0.39 is 0 Å². The first-order valence-electron chi connectivity index (χ1n) is 9.11. The van der Waals surface area contributed by atoms with Crippen molar-refractivity contribution in [1.82, 2.24) is 0 Å². The molecule has 1 heterocycles. The molecule has 3 aromatic carbocycles. The van der Waals surface area contributed by atoms with Gasteiger partial charge in [0.25, 0.3) is 0 Å². The molecule has 0 N–H and O–H groups in total. The van der Waals surface area contributed by atoms with Gasteiger partial charge < -0.3 is 4.74 Å². The molecule has 4 rings (SSSR count). The van der Waals surface area contributed by atoms with Gasteiger partial charge >= 0.3 is 0 Å². The van der Waals surface area contributed by atoms with Gasteiger partial charge in [0.15, 0.2) is 17.8 Å². The largest absolute Gasteiger partial charge is 0.497 e. The predicted molar refractivity (Wildman–Crippen MR) is 112 cm³/mol. The van der Waals surface area contributed by atoms with Crippen LogP contribution in [0.1, 0.15) is 18.7 Å². The van der Waals surface area contributed by atoms with Crippen molar-refractivity contribution in [2.45, 2.75) is 13.1 Å². The van der Waals surface area contributed by atoms with Crippen LogP contribution in [0.5, 0.6) is 5.75 Å². The first-order chi connectivity index (χ1) is 13.7. The molecule has 0 saturated heterocycles. The lowest BCUT2D eigenvalue weighted by molar-refractivity contribution is -0.111. The van der Waals surface area contributed by atoms with Crippen LogP contribution in [-0.4, -0.2) is 18.7 Å². The Balaban J connectivity index is 1.87. The number of ether oxygens (including phenoxy) is 1. The zero-order valence-corrected chi connectivity index (χ0v) is 15.8. The molecule has 0 spiro atoms. The van der Waals surface area contributed by atoms with Crippen LogP contribution in [-0.2, 0) is 4.79 Å². The number of hydrogen-bond donors (Lipinski definition) is 0. The Morgan fingerprint density at radius 2 is 1.46 bits per heavy atom. The van der Waals surface area contributed by atoms with Crippen molar-refractivity contribution in [2.75, 3.05) is 17.0 Å². The number of benzene rings is 3. The van der Waals surface area contributed by atoms with Crippen LogP contribution in [0, 0.1) is 0 Å². The third-order valence-electron chi connectivity index (χ3n) is 4.69. The number of ketones is 1. The lowest BCUT2D eigenvalue weighted by Gasteiger charge is -2.32. The van der Waals surface area contributed by atoms with Gasteiger partial charge in [0.05, 0.1) is 12.8 Å². The lowest BCUT2D eigenvalue weighted by atomic mass is 10.1. The van der Waals surface area contributed by atoms with E-state index in [0.717, 1.165) is 22.7 Å². The maximum absolute atomic E-state index is 12.5. The topological polar surface area (TPSA) is 45.1 Å². The molecule has 0 aliphatic carbocycles. The molecule has 1 atom stereocenters. The highest BCUT2D eigenvalue weighted by Gasteiger charge is 2.39. The number of methoxy groups -OCH3 is 1. The van der Waals surface area contributed by atoms with E-state index in [2.05, 4.69) is 12.1 Å². The molecule has 0 aromatic heterocycles. The fourth-order valence-electron chi connectivity index (χ4n) is 3.37. The molecule has 28 heavy (non-hydrogen) atoms. The summed E-state index contributed by atoms with van der Waals surface area (Å²) in [4.78, 5) is 14.5. The number of anilines is 2. The smallest absolute Gasteiger partial charge is 0.198 e. The van der Waals surface area contributed by atoms with Crippen molar-refractivity contribution >= 4 is 23.0 Å². The third kappa shape index (κ3) is 3.22. The number of rotatable bonds is 5. The van der Waals surface area contributed by atoms with E-state index in [1.165, 1.54) is 0 Å². The van der Waals surface area contributed by atoms with Crippen LogP contribution >= 0.6 is 0 Å². The monoisotopic (exact) mass is 371 g/mol. The Morgan fingerprint density at radius 3 is 2.04 bits per heavy atom. The van der Waals surface area contributed by atoms with E-state index in [0.29, 0.717) is 5.84 Å². The Labute approximate surface area is 164 Å². The zero-order chi connectivity index (χ0) is 19.5. The van der Waals surface area contributed by atoms with Crippen LogP contribution in [0.25, 0.3) is 0 Å². The Kier molecular flexibility index (Phi) is 4.81. The zero-order valence-electron chi connectivity index (χ0n) is 15.8. The summed E-state index contributed by atoms with van der Waals surface area (Å²) < 4.78 is 5.28. The molecule has 140 valence electrons. The number of nitrogens with zero attached hydrogens (tertiary/aromatic N) is 3. The predicted octanol–water partition coefficient (Wildman–Crippen LogP) is 4.62. The first kappa shape index (κ1) is 17.8. The van der Waals surface area contributed by atoms with Crippen molar-refractivity contribution < 1.29 is 9.53 Å². The summed E-state index contributed by atoms with van der Waals surface area (Å²) in [5.41, 5.74) is 2.84. The molecule has 0 saturated carbocycles. The summed E-state index contributed by atoms with van der Waals surface area (Å²) in [6.07, 6.45) is -0.268. The average molecular weight is 371 g/mol. The first-order valence-corrected chi connectivity index (χ1v) is 9.11. The highest BCUT2D eigenvalue weighted by atomic mass is 16.5. The Hall–Kier alpha value is -3.60. The maximum Gasteiger partial charge on any atom is 0.198 e. The van der Waals surface area contributed by atoms with Gasteiger partial charge in [-0.25, -0.2) is 5.01 Å². The molecule has 0 radical (unpaired) electrons. The number of carbonyl (C=O) groups excluding carboxylic acids is 1. The SMILES string of the molecule is COc1ccc(N2C(C(C)=O)=NN(c3ccccc3)C2c2ccccc2)cc1. The number of Topliss-reactive ketones (excluding diaryl/α,β-unsaturated/α-hetero) is 1. The Bertz CT molecular complexity index is 985. The summed E-state index contributed by atoms with van der Waals surface area (Å²) in [6.45, 7) is 1.55. The van der Waals surface area contributed by atoms with E-state index in [1.54, 1.807) is 14.0 Å². The van der Waals surface area contributed by atoms with E-state index in [1.807, 2.05) is 82.7 Å². The highest BCUT2D eigenvalue weighted by molar-refractivity contribution is 6.44.